The predicted molar refractivity (Wildman–Crippen MR) is 131 cm³/mol. The highest BCUT2D eigenvalue weighted by molar-refractivity contribution is 8.67. The van der Waals surface area contributed by atoms with Crippen molar-refractivity contribution in [2.24, 2.45) is 5.16 Å². The van der Waals surface area contributed by atoms with Gasteiger partial charge in [0.25, 0.3) is 11.8 Å². The van der Waals surface area contributed by atoms with Gasteiger partial charge < -0.3 is 30.0 Å². The lowest BCUT2D eigenvalue weighted by atomic mass is 10.0. The topological polar surface area (TPSA) is 166 Å². The zero-order valence-corrected chi connectivity index (χ0v) is 21.7. The van der Waals surface area contributed by atoms with Crippen LogP contribution in [0.25, 0.3) is 0 Å². The summed E-state index contributed by atoms with van der Waals surface area (Å²) in [6.45, 7) is 0. The van der Waals surface area contributed by atoms with Crippen molar-refractivity contribution in [2.75, 3.05) is 38.6 Å². The third-order valence-corrected chi connectivity index (χ3v) is 12.3. The number of nitrogens with two attached hydrogens (primary N) is 1. The Bertz CT molecular complexity index is 1070. The van der Waals surface area contributed by atoms with Crippen LogP contribution in [-0.2, 0) is 40.1 Å². The van der Waals surface area contributed by atoms with Gasteiger partial charge in [0.05, 0.1) is 0 Å². The number of aliphatic carboxylic acids is 1. The SMILES string of the molecule is CON=C(C(=O)N[C@@H]1C(=O)N2C(C(=O)O)=C(CSP(=S)(OC)OC)CS[C@@H]12)c1csc(N)n1. The molecule has 180 valence electrons. The number of nitrogens with zero attached hydrogens (tertiary/aromatic N) is 3. The molecule has 4 N–H and O–H groups in total. The van der Waals surface area contributed by atoms with Gasteiger partial charge in [-0.15, -0.1) is 23.1 Å². The number of thiazole rings is 1. The molecule has 1 fully saturated rings. The summed E-state index contributed by atoms with van der Waals surface area (Å²) in [5, 5.41) is 17.3. The van der Waals surface area contributed by atoms with E-state index in [2.05, 4.69) is 15.5 Å². The fourth-order valence-corrected chi connectivity index (χ4v) is 8.02. The Balaban J connectivity index is 1.77. The average molecular weight is 554 g/mol. The number of β-lactam (4-membered cyclic amide) rings is 1. The van der Waals surface area contributed by atoms with E-state index in [9.17, 15) is 19.5 Å². The number of carbonyl (C=O) groups excluding carboxylic acids is 2. The molecule has 1 aromatic rings. The summed E-state index contributed by atoms with van der Waals surface area (Å²) in [6, 6.07) is -0.937. The van der Waals surface area contributed by atoms with Gasteiger partial charge in [-0.25, -0.2) is 9.78 Å². The number of nitrogens with one attached hydrogen (secondary N) is 1. The molecule has 0 spiro atoms. The van der Waals surface area contributed by atoms with E-state index >= 15 is 0 Å². The Kier molecular flexibility index (Phi) is 8.42. The van der Waals surface area contributed by atoms with Gasteiger partial charge in [0, 0.05) is 31.1 Å². The van der Waals surface area contributed by atoms with Crippen molar-refractivity contribution >= 4 is 80.6 Å². The number of anilines is 1. The summed E-state index contributed by atoms with van der Waals surface area (Å²) in [5.41, 5.74) is 3.48. The number of oxime groups is 1. The second-order valence-corrected chi connectivity index (χ2v) is 14.9. The molecule has 1 saturated heterocycles. The summed E-state index contributed by atoms with van der Waals surface area (Å²) in [6.07, 6.45) is 0. The van der Waals surface area contributed by atoms with Crippen LogP contribution in [0.1, 0.15) is 5.69 Å². The third-order valence-electron chi connectivity index (χ3n) is 4.54. The fourth-order valence-electron chi connectivity index (χ4n) is 3.03. The second-order valence-electron chi connectivity index (χ2n) is 6.40. The first-order valence-electron chi connectivity index (χ1n) is 9.05. The van der Waals surface area contributed by atoms with E-state index in [0.717, 1.165) is 11.3 Å². The molecule has 33 heavy (non-hydrogen) atoms. The lowest BCUT2D eigenvalue weighted by Crippen LogP contribution is -2.71. The minimum atomic E-state index is -2.60. The number of aromatic nitrogens is 1. The number of rotatable bonds is 10. The minimum Gasteiger partial charge on any atom is -0.477 e. The molecule has 2 amide bonds. The van der Waals surface area contributed by atoms with Gasteiger partial charge in [0.1, 0.15) is 29.9 Å². The van der Waals surface area contributed by atoms with Gasteiger partial charge in [0.15, 0.2) is 10.8 Å². The molecule has 17 heteroatoms. The van der Waals surface area contributed by atoms with Crippen molar-refractivity contribution in [1.82, 2.24) is 15.2 Å². The van der Waals surface area contributed by atoms with E-state index in [1.165, 1.54) is 54.8 Å². The van der Waals surface area contributed by atoms with Gasteiger partial charge >= 0.3 is 5.97 Å². The van der Waals surface area contributed by atoms with Crippen LogP contribution in [0.15, 0.2) is 21.8 Å². The molecule has 0 radical (unpaired) electrons. The number of thioether (sulfide) groups is 1. The number of fused-ring (bicyclic) bond motifs is 1. The second kappa shape index (κ2) is 10.7. The van der Waals surface area contributed by atoms with Crippen molar-refractivity contribution in [3.63, 3.8) is 0 Å². The van der Waals surface area contributed by atoms with Gasteiger partial charge in [-0.05, 0) is 17.4 Å². The summed E-state index contributed by atoms with van der Waals surface area (Å²) in [5.74, 6) is -1.91. The largest absolute Gasteiger partial charge is 0.477 e. The van der Waals surface area contributed by atoms with Gasteiger partial charge in [0.2, 0.25) is 5.69 Å². The van der Waals surface area contributed by atoms with E-state index in [1.807, 2.05) is 0 Å². The first-order valence-corrected chi connectivity index (χ1v) is 15.2. The highest BCUT2D eigenvalue weighted by atomic mass is 32.9. The minimum absolute atomic E-state index is 0.117. The molecule has 0 saturated carbocycles. The number of carboxylic acids is 1. The average Bonchev–Trinajstić information content (AvgIpc) is 3.23. The summed E-state index contributed by atoms with van der Waals surface area (Å²) >= 11 is 8.96. The summed E-state index contributed by atoms with van der Waals surface area (Å²) in [7, 11) is 4.14. The van der Waals surface area contributed by atoms with Crippen LogP contribution in [0.3, 0.4) is 0 Å². The highest BCUT2D eigenvalue weighted by Crippen LogP contribution is 2.60. The number of amides is 2. The van der Waals surface area contributed by atoms with Crippen molar-refractivity contribution < 1.29 is 33.4 Å². The first kappa shape index (κ1) is 25.9. The van der Waals surface area contributed by atoms with Crippen LogP contribution < -0.4 is 11.1 Å². The summed E-state index contributed by atoms with van der Waals surface area (Å²) < 4.78 is 10.5. The molecule has 2 aliphatic heterocycles. The fraction of sp³-hybridized carbons (Fsp3) is 0.438. The van der Waals surface area contributed by atoms with E-state index in [-0.39, 0.29) is 28.0 Å². The van der Waals surface area contributed by atoms with Crippen LogP contribution in [0.2, 0.25) is 0 Å². The van der Waals surface area contributed by atoms with E-state index in [4.69, 9.17) is 31.4 Å². The molecule has 0 bridgehead atoms. The van der Waals surface area contributed by atoms with E-state index in [0.29, 0.717) is 11.3 Å². The Morgan fingerprint density at radius 3 is 2.70 bits per heavy atom. The lowest BCUT2D eigenvalue weighted by Gasteiger charge is -2.49. The zero-order chi connectivity index (χ0) is 24.3. The maximum absolute atomic E-state index is 12.9. The number of carbonyl (C=O) groups is 3. The molecule has 3 heterocycles. The smallest absolute Gasteiger partial charge is 0.352 e. The molecular formula is C16H20N5O7PS4. The number of hydrogen-bond acceptors (Lipinski definition) is 13. The molecule has 3 rings (SSSR count). The van der Waals surface area contributed by atoms with Gasteiger partial charge in [-0.1, -0.05) is 16.5 Å². The van der Waals surface area contributed by atoms with Crippen LogP contribution in [0, 0.1) is 0 Å². The van der Waals surface area contributed by atoms with Gasteiger partial charge in [-0.2, -0.15) is 0 Å². The van der Waals surface area contributed by atoms with Gasteiger partial charge in [-0.3, -0.25) is 14.5 Å². The molecule has 2 aliphatic rings. The van der Waals surface area contributed by atoms with Crippen molar-refractivity contribution in [1.29, 1.82) is 0 Å². The van der Waals surface area contributed by atoms with Crippen LogP contribution in [0.4, 0.5) is 5.13 Å². The molecule has 0 aromatic carbocycles. The van der Waals surface area contributed by atoms with Crippen molar-refractivity contribution in [3.8, 4) is 0 Å². The van der Waals surface area contributed by atoms with Crippen LogP contribution >= 0.6 is 40.2 Å². The number of nitrogen functional groups attached to an aromatic ring is 1. The predicted octanol–water partition coefficient (Wildman–Crippen LogP) is 1.06. The maximum Gasteiger partial charge on any atom is 0.352 e. The normalized spacial score (nSPS) is 20.9. The maximum atomic E-state index is 12.9. The van der Waals surface area contributed by atoms with E-state index in [1.54, 1.807) is 0 Å². The molecule has 0 aliphatic carbocycles. The Morgan fingerprint density at radius 1 is 1.45 bits per heavy atom. The molecule has 2 atom stereocenters. The number of hydrogen-bond donors (Lipinski definition) is 3. The van der Waals surface area contributed by atoms with Crippen molar-refractivity contribution in [2.45, 2.75) is 11.4 Å². The lowest BCUT2D eigenvalue weighted by molar-refractivity contribution is -0.150. The monoisotopic (exact) mass is 553 g/mol. The zero-order valence-electron chi connectivity index (χ0n) is 17.5. The molecular weight excluding hydrogens is 533 g/mol. The Labute approximate surface area is 206 Å². The molecule has 1 aromatic heterocycles. The third kappa shape index (κ3) is 5.37. The molecule has 12 nitrogen and oxygen atoms in total. The Hall–Kier alpha value is -1.68. The standard InChI is InChI=1S/C16H20N5O7PS4/c1-26-20-9(8-6-32-16(17)18-8)12(22)19-10-13(23)21-11(15(24)25)7(4-31-14(10)21)5-33-29(30,27-2)28-3/h6,10,14H,4-5H2,1-3H3,(H2,17,18)(H,19,22)(H,24,25)/t10-,14+/m1/s1. The number of carboxylic acid groups (broad SMARTS) is 1. The summed E-state index contributed by atoms with van der Waals surface area (Å²) in [4.78, 5) is 47.5. The van der Waals surface area contributed by atoms with Crippen molar-refractivity contribution in [3.05, 3.63) is 22.3 Å². The first-order chi connectivity index (χ1) is 15.7. The quantitative estimate of drug-likeness (QED) is 0.163. The van der Waals surface area contributed by atoms with E-state index < -0.39 is 34.9 Å². The van der Waals surface area contributed by atoms with Crippen LogP contribution in [0.5, 0.6) is 0 Å². The Morgan fingerprint density at radius 2 is 2.15 bits per heavy atom. The molecule has 0 unspecified atom stereocenters. The highest BCUT2D eigenvalue weighted by Gasteiger charge is 2.54. The van der Waals surface area contributed by atoms with Crippen LogP contribution in [-0.4, -0.2) is 82.7 Å².